The number of rotatable bonds is 4. The molecule has 1 saturated carbocycles. The Morgan fingerprint density at radius 2 is 1.93 bits per heavy atom. The Morgan fingerprint density at radius 3 is 2.40 bits per heavy atom. The van der Waals surface area contributed by atoms with Crippen LogP contribution in [0.2, 0.25) is 0 Å². The van der Waals surface area contributed by atoms with E-state index in [-0.39, 0.29) is 0 Å². The van der Waals surface area contributed by atoms with Gasteiger partial charge in [-0.05, 0) is 34.7 Å². The first kappa shape index (κ1) is 11.2. The first-order chi connectivity index (χ1) is 6.96. The van der Waals surface area contributed by atoms with Crippen LogP contribution in [0.3, 0.4) is 0 Å². The van der Waals surface area contributed by atoms with Crippen LogP contribution in [0.25, 0.3) is 0 Å². The molecule has 84 valence electrons. The van der Waals surface area contributed by atoms with Crippen LogP contribution in [0.15, 0.2) is 17.5 Å². The standard InChI is InChI=1S/C13H21NS/c1-12(2)11(13(12,3)4)9-14-8-10-6-5-7-15-10/h5-7,11,14H,8-9H2,1-4H3. The van der Waals surface area contributed by atoms with Gasteiger partial charge in [0.15, 0.2) is 0 Å². The van der Waals surface area contributed by atoms with Crippen LogP contribution >= 0.6 is 11.3 Å². The first-order valence-corrected chi connectivity index (χ1v) is 6.57. The largest absolute Gasteiger partial charge is 0.312 e. The topological polar surface area (TPSA) is 12.0 Å². The van der Waals surface area contributed by atoms with Crippen molar-refractivity contribution in [2.45, 2.75) is 34.2 Å². The minimum atomic E-state index is 0.509. The molecule has 0 unspecified atom stereocenters. The summed E-state index contributed by atoms with van der Waals surface area (Å²) >= 11 is 1.83. The van der Waals surface area contributed by atoms with Crippen LogP contribution in [-0.2, 0) is 6.54 Å². The predicted octanol–water partition coefficient (Wildman–Crippen LogP) is 3.52. The minimum absolute atomic E-state index is 0.509. The highest BCUT2D eigenvalue weighted by Crippen LogP contribution is 2.67. The molecule has 1 aromatic rings. The van der Waals surface area contributed by atoms with Gasteiger partial charge in [0.25, 0.3) is 0 Å². The Balaban J connectivity index is 1.77. The van der Waals surface area contributed by atoms with Crippen LogP contribution < -0.4 is 5.32 Å². The Kier molecular flexibility index (Phi) is 2.68. The quantitative estimate of drug-likeness (QED) is 0.823. The average molecular weight is 223 g/mol. The molecule has 1 aromatic heterocycles. The molecule has 1 aliphatic rings. The van der Waals surface area contributed by atoms with Gasteiger partial charge in [0.2, 0.25) is 0 Å². The molecule has 0 bridgehead atoms. The fourth-order valence-electron chi connectivity index (χ4n) is 2.60. The number of nitrogens with one attached hydrogen (secondary N) is 1. The third-order valence-corrected chi connectivity index (χ3v) is 5.42. The van der Waals surface area contributed by atoms with Gasteiger partial charge in [-0.25, -0.2) is 0 Å². The van der Waals surface area contributed by atoms with Crippen LogP contribution in [0.4, 0.5) is 0 Å². The highest BCUT2D eigenvalue weighted by Gasteiger charge is 2.63. The Bertz CT molecular complexity index is 310. The zero-order valence-electron chi connectivity index (χ0n) is 10.1. The molecular weight excluding hydrogens is 202 g/mol. The second-order valence-electron chi connectivity index (χ2n) is 5.71. The highest BCUT2D eigenvalue weighted by molar-refractivity contribution is 7.09. The van der Waals surface area contributed by atoms with Gasteiger partial charge in [-0.15, -0.1) is 11.3 Å². The van der Waals surface area contributed by atoms with Gasteiger partial charge in [0, 0.05) is 11.4 Å². The van der Waals surface area contributed by atoms with Crippen LogP contribution in [0, 0.1) is 16.7 Å². The van der Waals surface area contributed by atoms with Crippen molar-refractivity contribution in [2.24, 2.45) is 16.7 Å². The smallest absolute Gasteiger partial charge is 0.0299 e. The van der Waals surface area contributed by atoms with Crippen molar-refractivity contribution in [2.75, 3.05) is 6.54 Å². The Morgan fingerprint density at radius 1 is 1.27 bits per heavy atom. The maximum atomic E-state index is 3.57. The van der Waals surface area contributed by atoms with E-state index >= 15 is 0 Å². The van der Waals surface area contributed by atoms with Gasteiger partial charge in [0.1, 0.15) is 0 Å². The van der Waals surface area contributed by atoms with E-state index in [9.17, 15) is 0 Å². The van der Waals surface area contributed by atoms with Crippen molar-refractivity contribution in [3.63, 3.8) is 0 Å². The van der Waals surface area contributed by atoms with Crippen molar-refractivity contribution < 1.29 is 0 Å². The maximum Gasteiger partial charge on any atom is 0.0299 e. The zero-order chi connectivity index (χ0) is 11.1. The van der Waals surface area contributed by atoms with Crippen molar-refractivity contribution >= 4 is 11.3 Å². The highest BCUT2D eigenvalue weighted by atomic mass is 32.1. The van der Waals surface area contributed by atoms with E-state index in [0.29, 0.717) is 10.8 Å². The number of hydrogen-bond donors (Lipinski definition) is 1. The number of thiophene rings is 1. The molecule has 0 radical (unpaired) electrons. The van der Waals surface area contributed by atoms with Gasteiger partial charge in [-0.2, -0.15) is 0 Å². The zero-order valence-corrected chi connectivity index (χ0v) is 10.9. The van der Waals surface area contributed by atoms with Crippen LogP contribution in [0.5, 0.6) is 0 Å². The second kappa shape index (κ2) is 3.60. The lowest BCUT2D eigenvalue weighted by molar-refractivity contribution is 0.457. The van der Waals surface area contributed by atoms with Gasteiger partial charge < -0.3 is 5.32 Å². The van der Waals surface area contributed by atoms with E-state index in [4.69, 9.17) is 0 Å². The molecule has 1 fully saturated rings. The lowest BCUT2D eigenvalue weighted by atomic mass is 10.0. The molecule has 2 rings (SSSR count). The summed E-state index contributed by atoms with van der Waals surface area (Å²) in [6.45, 7) is 11.7. The van der Waals surface area contributed by atoms with E-state index < -0.39 is 0 Å². The Labute approximate surface area is 96.9 Å². The van der Waals surface area contributed by atoms with Crippen molar-refractivity contribution in [3.05, 3.63) is 22.4 Å². The second-order valence-corrected chi connectivity index (χ2v) is 6.74. The van der Waals surface area contributed by atoms with Crippen LogP contribution in [0.1, 0.15) is 32.6 Å². The van der Waals surface area contributed by atoms with Gasteiger partial charge in [-0.3, -0.25) is 0 Å². The van der Waals surface area contributed by atoms with E-state index in [1.807, 2.05) is 11.3 Å². The molecule has 1 N–H and O–H groups in total. The summed E-state index contributed by atoms with van der Waals surface area (Å²) in [7, 11) is 0. The predicted molar refractivity (Wildman–Crippen MR) is 67.1 cm³/mol. The summed E-state index contributed by atoms with van der Waals surface area (Å²) in [5.74, 6) is 0.824. The van der Waals surface area contributed by atoms with E-state index in [0.717, 1.165) is 19.0 Å². The summed E-state index contributed by atoms with van der Waals surface area (Å²) in [5.41, 5.74) is 1.02. The van der Waals surface area contributed by atoms with E-state index in [2.05, 4.69) is 50.5 Å². The Hall–Kier alpha value is -0.340. The average Bonchev–Trinajstić information content (AvgIpc) is 2.62. The molecule has 15 heavy (non-hydrogen) atoms. The third kappa shape index (κ3) is 1.85. The summed E-state index contributed by atoms with van der Waals surface area (Å²) in [6.07, 6.45) is 0. The lowest BCUT2D eigenvalue weighted by Crippen LogP contribution is -2.18. The van der Waals surface area contributed by atoms with E-state index in [1.54, 1.807) is 0 Å². The third-order valence-electron chi connectivity index (χ3n) is 4.55. The summed E-state index contributed by atoms with van der Waals surface area (Å²) in [5, 5.41) is 5.71. The fraction of sp³-hybridized carbons (Fsp3) is 0.692. The molecule has 0 aliphatic heterocycles. The van der Waals surface area contributed by atoms with Crippen molar-refractivity contribution in [1.29, 1.82) is 0 Å². The molecule has 0 spiro atoms. The summed E-state index contributed by atoms with van der Waals surface area (Å²) in [6, 6.07) is 4.31. The molecule has 0 amide bonds. The van der Waals surface area contributed by atoms with Crippen molar-refractivity contribution in [3.8, 4) is 0 Å². The fourth-order valence-corrected chi connectivity index (χ4v) is 3.27. The molecule has 1 heterocycles. The first-order valence-electron chi connectivity index (χ1n) is 5.69. The van der Waals surface area contributed by atoms with Gasteiger partial charge >= 0.3 is 0 Å². The molecule has 0 saturated heterocycles. The normalized spacial score (nSPS) is 22.9. The van der Waals surface area contributed by atoms with Crippen LogP contribution in [-0.4, -0.2) is 6.54 Å². The maximum absolute atomic E-state index is 3.57. The number of hydrogen-bond acceptors (Lipinski definition) is 2. The van der Waals surface area contributed by atoms with Gasteiger partial charge in [0.05, 0.1) is 0 Å². The molecule has 2 heteroatoms. The molecule has 1 nitrogen and oxygen atoms in total. The lowest BCUT2D eigenvalue weighted by Gasteiger charge is -2.04. The molecule has 0 aromatic carbocycles. The molecular formula is C13H21NS. The molecule has 1 aliphatic carbocycles. The summed E-state index contributed by atoms with van der Waals surface area (Å²) in [4.78, 5) is 1.44. The molecule has 0 atom stereocenters. The SMILES string of the molecule is CC1(C)C(CNCc2cccs2)C1(C)C. The minimum Gasteiger partial charge on any atom is -0.312 e. The van der Waals surface area contributed by atoms with Gasteiger partial charge in [-0.1, -0.05) is 33.8 Å². The summed E-state index contributed by atoms with van der Waals surface area (Å²) < 4.78 is 0. The monoisotopic (exact) mass is 223 g/mol. The van der Waals surface area contributed by atoms with E-state index in [1.165, 1.54) is 4.88 Å². The van der Waals surface area contributed by atoms with Crippen molar-refractivity contribution in [1.82, 2.24) is 5.32 Å².